The molecule has 2 aromatic carbocycles. The number of allylic oxidation sites excluding steroid dienone is 2. The van der Waals surface area contributed by atoms with Crippen molar-refractivity contribution < 1.29 is 31.1 Å². The van der Waals surface area contributed by atoms with Crippen LogP contribution in [0.4, 0.5) is 26.3 Å². The number of benzene rings is 2. The number of hydrogen-bond acceptors (Lipinski definition) is 3. The van der Waals surface area contributed by atoms with E-state index in [9.17, 15) is 31.6 Å². The Bertz CT molecular complexity index is 1140. The lowest BCUT2D eigenvalue weighted by atomic mass is 9.76. The van der Waals surface area contributed by atoms with Gasteiger partial charge in [0.15, 0.2) is 0 Å². The molecule has 1 aliphatic carbocycles. The second kappa shape index (κ2) is 7.08. The lowest BCUT2D eigenvalue weighted by Gasteiger charge is -2.33. The van der Waals surface area contributed by atoms with E-state index in [0.29, 0.717) is 36.1 Å². The second-order valence-corrected chi connectivity index (χ2v) is 7.28. The van der Waals surface area contributed by atoms with Crippen LogP contribution in [0.15, 0.2) is 59.5 Å². The Kier molecular flexibility index (Phi) is 4.76. The average Bonchev–Trinajstić information content (AvgIpc) is 2.71. The minimum absolute atomic E-state index is 0.0629. The van der Waals surface area contributed by atoms with Gasteiger partial charge in [-0.1, -0.05) is 24.3 Å². The summed E-state index contributed by atoms with van der Waals surface area (Å²) < 4.78 is 85.9. The van der Waals surface area contributed by atoms with Gasteiger partial charge < -0.3 is 10.5 Å². The first kappa shape index (κ1) is 20.8. The number of nitriles is 1. The third-order valence-corrected chi connectivity index (χ3v) is 5.40. The van der Waals surface area contributed by atoms with Crippen LogP contribution in [0.25, 0.3) is 5.76 Å². The number of alkyl halides is 6. The number of aryl methyl sites for hydroxylation is 1. The largest absolute Gasteiger partial charge is 0.440 e. The molecule has 1 heterocycles. The van der Waals surface area contributed by atoms with Crippen molar-refractivity contribution in [2.45, 2.75) is 31.1 Å². The van der Waals surface area contributed by atoms with Gasteiger partial charge in [-0.25, -0.2) is 0 Å². The molecular formula is C22H14F6N2O. The summed E-state index contributed by atoms with van der Waals surface area (Å²) in [7, 11) is 0. The van der Waals surface area contributed by atoms with Crippen molar-refractivity contribution in [3.05, 3.63) is 87.3 Å². The van der Waals surface area contributed by atoms with Gasteiger partial charge in [0.25, 0.3) is 0 Å². The zero-order chi connectivity index (χ0) is 22.6. The Morgan fingerprint density at radius 2 is 1.55 bits per heavy atom. The quantitative estimate of drug-likeness (QED) is 0.567. The van der Waals surface area contributed by atoms with E-state index >= 15 is 0 Å². The Morgan fingerprint density at radius 3 is 2.13 bits per heavy atom. The minimum atomic E-state index is -5.00. The SMILES string of the molecule is N#CC1=C(N)OC2=C(CCc3ccccc32)C1c1cc(C(F)(F)F)cc(C(F)(F)F)c1. The zero-order valence-corrected chi connectivity index (χ0v) is 15.7. The van der Waals surface area contributed by atoms with Crippen LogP contribution in [-0.2, 0) is 23.5 Å². The molecule has 3 nitrogen and oxygen atoms in total. The van der Waals surface area contributed by atoms with E-state index in [1.807, 2.05) is 18.2 Å². The summed E-state index contributed by atoms with van der Waals surface area (Å²) >= 11 is 0. The fourth-order valence-electron chi connectivity index (χ4n) is 4.03. The highest BCUT2D eigenvalue weighted by Crippen LogP contribution is 2.48. The highest BCUT2D eigenvalue weighted by atomic mass is 19.4. The van der Waals surface area contributed by atoms with Crippen LogP contribution in [0.2, 0.25) is 0 Å². The number of fused-ring (bicyclic) bond motifs is 2. The first-order valence-corrected chi connectivity index (χ1v) is 9.19. The Morgan fingerprint density at radius 1 is 0.935 bits per heavy atom. The third kappa shape index (κ3) is 3.63. The van der Waals surface area contributed by atoms with E-state index in [-0.39, 0.29) is 28.8 Å². The molecule has 2 aromatic rings. The number of hydrogen-bond donors (Lipinski definition) is 1. The summed E-state index contributed by atoms with van der Waals surface area (Å²) in [5, 5.41) is 9.60. The molecule has 1 unspecified atom stereocenters. The molecule has 0 bridgehead atoms. The van der Waals surface area contributed by atoms with E-state index in [4.69, 9.17) is 10.5 Å². The highest BCUT2D eigenvalue weighted by Gasteiger charge is 2.41. The maximum atomic E-state index is 13.4. The summed E-state index contributed by atoms with van der Waals surface area (Å²) in [6, 6.07) is 10.3. The molecule has 2 aliphatic rings. The van der Waals surface area contributed by atoms with Crippen LogP contribution in [0.3, 0.4) is 0 Å². The van der Waals surface area contributed by atoms with E-state index in [0.717, 1.165) is 5.56 Å². The molecule has 0 amide bonds. The molecule has 1 atom stereocenters. The second-order valence-electron chi connectivity index (χ2n) is 7.28. The van der Waals surface area contributed by atoms with Gasteiger partial charge in [0.2, 0.25) is 5.88 Å². The van der Waals surface area contributed by atoms with Crippen molar-refractivity contribution in [3.63, 3.8) is 0 Å². The van der Waals surface area contributed by atoms with Gasteiger partial charge in [0.1, 0.15) is 17.4 Å². The molecule has 0 saturated heterocycles. The first-order chi connectivity index (χ1) is 14.5. The lowest BCUT2D eigenvalue weighted by molar-refractivity contribution is -0.143. The number of rotatable bonds is 1. The molecule has 4 rings (SSSR count). The minimum Gasteiger partial charge on any atom is -0.440 e. The molecule has 31 heavy (non-hydrogen) atoms. The van der Waals surface area contributed by atoms with Crippen LogP contribution in [0.1, 0.15) is 40.2 Å². The van der Waals surface area contributed by atoms with Crippen molar-refractivity contribution in [2.24, 2.45) is 5.73 Å². The Balaban J connectivity index is 1.98. The molecule has 160 valence electrons. The van der Waals surface area contributed by atoms with Gasteiger partial charge in [-0.15, -0.1) is 0 Å². The number of halogens is 6. The maximum absolute atomic E-state index is 13.4. The van der Waals surface area contributed by atoms with Crippen LogP contribution in [0.5, 0.6) is 0 Å². The predicted molar refractivity (Wildman–Crippen MR) is 98.8 cm³/mol. The summed E-state index contributed by atoms with van der Waals surface area (Å²) in [5.41, 5.74) is 4.46. The van der Waals surface area contributed by atoms with E-state index in [1.54, 1.807) is 12.1 Å². The topological polar surface area (TPSA) is 59.0 Å². The van der Waals surface area contributed by atoms with Gasteiger partial charge in [-0.3, -0.25) is 0 Å². The van der Waals surface area contributed by atoms with E-state index in [2.05, 4.69) is 0 Å². The standard InChI is InChI=1S/C22H14F6N2O/c23-21(24,25)13-7-12(8-14(9-13)22(26,27)28)18-16-6-5-11-3-1-2-4-15(11)19(16)31-20(30)17(18)10-29/h1-4,7-9,18H,5-6,30H2. The Hall–Kier alpha value is -3.41. The average molecular weight is 436 g/mol. The summed E-state index contributed by atoms with van der Waals surface area (Å²) in [6.07, 6.45) is -9.20. The summed E-state index contributed by atoms with van der Waals surface area (Å²) in [5.74, 6) is -1.24. The third-order valence-electron chi connectivity index (χ3n) is 5.40. The van der Waals surface area contributed by atoms with Gasteiger partial charge in [-0.05, 0) is 47.7 Å². The monoisotopic (exact) mass is 436 g/mol. The van der Waals surface area contributed by atoms with Crippen LogP contribution < -0.4 is 5.73 Å². The molecule has 9 heteroatoms. The van der Waals surface area contributed by atoms with Gasteiger partial charge in [-0.2, -0.15) is 31.6 Å². The van der Waals surface area contributed by atoms with Crippen LogP contribution in [-0.4, -0.2) is 0 Å². The van der Waals surface area contributed by atoms with Crippen LogP contribution >= 0.6 is 0 Å². The zero-order valence-electron chi connectivity index (χ0n) is 15.7. The van der Waals surface area contributed by atoms with Crippen molar-refractivity contribution in [3.8, 4) is 6.07 Å². The fraction of sp³-hybridized carbons (Fsp3) is 0.227. The summed E-state index contributed by atoms with van der Waals surface area (Å²) in [4.78, 5) is 0. The summed E-state index contributed by atoms with van der Waals surface area (Å²) in [6.45, 7) is 0. The van der Waals surface area contributed by atoms with Gasteiger partial charge >= 0.3 is 12.4 Å². The van der Waals surface area contributed by atoms with Crippen molar-refractivity contribution in [1.82, 2.24) is 0 Å². The number of nitrogens with two attached hydrogens (primary N) is 1. The van der Waals surface area contributed by atoms with Gasteiger partial charge in [0, 0.05) is 11.5 Å². The van der Waals surface area contributed by atoms with E-state index in [1.165, 1.54) is 0 Å². The van der Waals surface area contributed by atoms with Crippen molar-refractivity contribution in [2.75, 3.05) is 0 Å². The number of nitrogens with zero attached hydrogens (tertiary/aromatic N) is 1. The van der Waals surface area contributed by atoms with E-state index < -0.39 is 29.4 Å². The molecule has 1 aliphatic heterocycles. The number of ether oxygens (including phenoxy) is 1. The fourth-order valence-corrected chi connectivity index (χ4v) is 4.03. The maximum Gasteiger partial charge on any atom is 0.416 e. The molecule has 0 radical (unpaired) electrons. The molecule has 2 N–H and O–H groups in total. The Labute approximate surface area is 173 Å². The van der Waals surface area contributed by atoms with Crippen molar-refractivity contribution in [1.29, 1.82) is 5.26 Å². The highest BCUT2D eigenvalue weighted by molar-refractivity contribution is 5.74. The first-order valence-electron chi connectivity index (χ1n) is 9.19. The normalized spacial score (nSPS) is 18.8. The lowest BCUT2D eigenvalue weighted by Crippen LogP contribution is -2.24. The van der Waals surface area contributed by atoms with Crippen LogP contribution in [0, 0.1) is 11.3 Å². The molecule has 0 saturated carbocycles. The molecule has 0 spiro atoms. The molecule has 0 fully saturated rings. The predicted octanol–water partition coefficient (Wildman–Crippen LogP) is 5.89. The van der Waals surface area contributed by atoms with Crippen molar-refractivity contribution >= 4 is 5.76 Å². The molecular weight excluding hydrogens is 422 g/mol. The smallest absolute Gasteiger partial charge is 0.416 e. The molecule has 0 aromatic heterocycles. The van der Waals surface area contributed by atoms with Gasteiger partial charge in [0.05, 0.1) is 11.1 Å².